The van der Waals surface area contributed by atoms with Crippen LogP contribution in [0.25, 0.3) is 0 Å². The maximum atomic E-state index is 5.95. The summed E-state index contributed by atoms with van der Waals surface area (Å²) in [6.45, 7) is 3.26. The fraction of sp³-hybridized carbons (Fsp3) is 0.571. The second-order valence-corrected chi connectivity index (χ2v) is 4.79. The standard InChI is InChI=1S/C14H22N2O/c15-12-14(7-4-9-17-10-8-14)16-11-13-5-2-1-3-6-13/h1-3,5-6,16H,4,7-12,15H2. The van der Waals surface area contributed by atoms with Crippen molar-refractivity contribution in [2.24, 2.45) is 5.73 Å². The molecule has 1 atom stereocenters. The van der Waals surface area contributed by atoms with Crippen LogP contribution in [0, 0.1) is 0 Å². The Balaban J connectivity index is 1.94. The van der Waals surface area contributed by atoms with Crippen LogP contribution in [0.1, 0.15) is 24.8 Å². The molecular weight excluding hydrogens is 212 g/mol. The Bertz CT molecular complexity index is 318. The molecule has 0 spiro atoms. The quantitative estimate of drug-likeness (QED) is 0.833. The summed E-state index contributed by atoms with van der Waals surface area (Å²) in [5, 5.41) is 3.64. The Morgan fingerprint density at radius 2 is 2.00 bits per heavy atom. The van der Waals surface area contributed by atoms with Gasteiger partial charge in [0.25, 0.3) is 0 Å². The first-order chi connectivity index (χ1) is 8.35. The van der Waals surface area contributed by atoms with Crippen molar-refractivity contribution in [3.63, 3.8) is 0 Å². The molecule has 1 heterocycles. The van der Waals surface area contributed by atoms with Crippen LogP contribution in [0.15, 0.2) is 30.3 Å². The molecule has 2 rings (SSSR count). The van der Waals surface area contributed by atoms with Crippen molar-refractivity contribution >= 4 is 0 Å². The van der Waals surface area contributed by atoms with E-state index in [0.29, 0.717) is 6.54 Å². The lowest BCUT2D eigenvalue weighted by atomic mass is 9.90. The summed E-state index contributed by atoms with van der Waals surface area (Å²) in [4.78, 5) is 0. The maximum absolute atomic E-state index is 5.95. The van der Waals surface area contributed by atoms with Crippen molar-refractivity contribution in [3.8, 4) is 0 Å². The molecule has 3 N–H and O–H groups in total. The lowest BCUT2D eigenvalue weighted by Gasteiger charge is -2.32. The molecular formula is C14H22N2O. The van der Waals surface area contributed by atoms with Gasteiger partial charge in [-0.2, -0.15) is 0 Å². The van der Waals surface area contributed by atoms with Crippen molar-refractivity contribution in [1.82, 2.24) is 5.32 Å². The van der Waals surface area contributed by atoms with Gasteiger partial charge in [0.05, 0.1) is 0 Å². The second kappa shape index (κ2) is 6.15. The van der Waals surface area contributed by atoms with E-state index in [1.807, 2.05) is 6.07 Å². The molecule has 0 aliphatic carbocycles. The van der Waals surface area contributed by atoms with Gasteiger partial charge in [-0.05, 0) is 24.8 Å². The zero-order valence-corrected chi connectivity index (χ0v) is 10.3. The predicted molar refractivity (Wildman–Crippen MR) is 69.7 cm³/mol. The van der Waals surface area contributed by atoms with Gasteiger partial charge in [-0.1, -0.05) is 30.3 Å². The highest BCUT2D eigenvalue weighted by molar-refractivity contribution is 5.14. The van der Waals surface area contributed by atoms with Crippen molar-refractivity contribution < 1.29 is 4.74 Å². The second-order valence-electron chi connectivity index (χ2n) is 4.79. The lowest BCUT2D eigenvalue weighted by molar-refractivity contribution is 0.136. The number of nitrogens with one attached hydrogen (secondary N) is 1. The topological polar surface area (TPSA) is 47.3 Å². The monoisotopic (exact) mass is 234 g/mol. The molecule has 17 heavy (non-hydrogen) atoms. The molecule has 1 saturated heterocycles. The molecule has 0 saturated carbocycles. The minimum absolute atomic E-state index is 0.0618. The summed E-state index contributed by atoms with van der Waals surface area (Å²) >= 11 is 0. The summed E-state index contributed by atoms with van der Waals surface area (Å²) < 4.78 is 5.51. The Morgan fingerprint density at radius 3 is 2.76 bits per heavy atom. The molecule has 1 unspecified atom stereocenters. The molecule has 94 valence electrons. The normalized spacial score (nSPS) is 25.5. The van der Waals surface area contributed by atoms with Gasteiger partial charge in [-0.15, -0.1) is 0 Å². The number of nitrogens with two attached hydrogens (primary N) is 1. The van der Waals surface area contributed by atoms with Crippen LogP contribution in [-0.4, -0.2) is 25.3 Å². The SMILES string of the molecule is NCC1(NCc2ccccc2)CCCOCC1. The number of ether oxygens (including phenoxy) is 1. The summed E-state index contributed by atoms with van der Waals surface area (Å²) in [7, 11) is 0. The molecule has 1 aliphatic rings. The van der Waals surface area contributed by atoms with Crippen molar-refractivity contribution in [2.45, 2.75) is 31.3 Å². The van der Waals surface area contributed by atoms with Gasteiger partial charge in [0.15, 0.2) is 0 Å². The molecule has 0 bridgehead atoms. The van der Waals surface area contributed by atoms with E-state index in [2.05, 4.69) is 29.6 Å². The highest BCUT2D eigenvalue weighted by atomic mass is 16.5. The first-order valence-corrected chi connectivity index (χ1v) is 6.41. The third-order valence-corrected chi connectivity index (χ3v) is 3.57. The van der Waals surface area contributed by atoms with E-state index in [-0.39, 0.29) is 5.54 Å². The summed E-state index contributed by atoms with van der Waals surface area (Å²) in [5.74, 6) is 0. The van der Waals surface area contributed by atoms with E-state index in [9.17, 15) is 0 Å². The minimum Gasteiger partial charge on any atom is -0.381 e. The van der Waals surface area contributed by atoms with Gasteiger partial charge in [-0.3, -0.25) is 0 Å². The van der Waals surface area contributed by atoms with Crippen LogP contribution >= 0.6 is 0 Å². The summed E-state index contributed by atoms with van der Waals surface area (Å²) in [6, 6.07) is 10.5. The van der Waals surface area contributed by atoms with Gasteiger partial charge in [-0.25, -0.2) is 0 Å². The van der Waals surface area contributed by atoms with Crippen LogP contribution in [0.5, 0.6) is 0 Å². The Morgan fingerprint density at radius 1 is 1.18 bits per heavy atom. The summed E-state index contributed by atoms with van der Waals surface area (Å²) in [5.41, 5.74) is 7.33. The van der Waals surface area contributed by atoms with Gasteiger partial charge < -0.3 is 15.8 Å². The average Bonchev–Trinajstić information content (AvgIpc) is 2.64. The van der Waals surface area contributed by atoms with E-state index in [1.54, 1.807) is 0 Å². The highest BCUT2D eigenvalue weighted by Crippen LogP contribution is 2.20. The third kappa shape index (κ3) is 3.53. The van der Waals surface area contributed by atoms with Crippen molar-refractivity contribution in [3.05, 3.63) is 35.9 Å². The Hall–Kier alpha value is -0.900. The first-order valence-electron chi connectivity index (χ1n) is 6.41. The van der Waals surface area contributed by atoms with E-state index in [1.165, 1.54) is 5.56 Å². The smallest absolute Gasteiger partial charge is 0.0484 e. The number of hydrogen-bond acceptors (Lipinski definition) is 3. The van der Waals surface area contributed by atoms with Gasteiger partial charge in [0, 0.05) is 31.8 Å². The van der Waals surface area contributed by atoms with Crippen LogP contribution in [0.3, 0.4) is 0 Å². The van der Waals surface area contributed by atoms with E-state index in [4.69, 9.17) is 10.5 Å². The van der Waals surface area contributed by atoms with Gasteiger partial charge >= 0.3 is 0 Å². The van der Waals surface area contributed by atoms with E-state index >= 15 is 0 Å². The molecule has 3 nitrogen and oxygen atoms in total. The van der Waals surface area contributed by atoms with E-state index < -0.39 is 0 Å². The Labute approximate surface area is 103 Å². The highest BCUT2D eigenvalue weighted by Gasteiger charge is 2.28. The maximum Gasteiger partial charge on any atom is 0.0484 e. The molecule has 1 aromatic rings. The van der Waals surface area contributed by atoms with Crippen LogP contribution < -0.4 is 11.1 Å². The molecule has 0 radical (unpaired) electrons. The molecule has 0 amide bonds. The largest absolute Gasteiger partial charge is 0.381 e. The minimum atomic E-state index is 0.0618. The molecule has 0 aromatic heterocycles. The number of benzene rings is 1. The molecule has 3 heteroatoms. The van der Waals surface area contributed by atoms with Crippen LogP contribution in [-0.2, 0) is 11.3 Å². The third-order valence-electron chi connectivity index (χ3n) is 3.57. The van der Waals surface area contributed by atoms with E-state index in [0.717, 1.165) is 39.0 Å². The van der Waals surface area contributed by atoms with Crippen LogP contribution in [0.2, 0.25) is 0 Å². The molecule has 1 aromatic carbocycles. The summed E-state index contributed by atoms with van der Waals surface area (Å²) in [6.07, 6.45) is 3.21. The molecule has 1 fully saturated rings. The zero-order valence-electron chi connectivity index (χ0n) is 10.3. The average molecular weight is 234 g/mol. The van der Waals surface area contributed by atoms with Crippen molar-refractivity contribution in [1.29, 1.82) is 0 Å². The Kier molecular flexibility index (Phi) is 4.54. The van der Waals surface area contributed by atoms with Gasteiger partial charge in [0.2, 0.25) is 0 Å². The van der Waals surface area contributed by atoms with Crippen molar-refractivity contribution in [2.75, 3.05) is 19.8 Å². The van der Waals surface area contributed by atoms with Crippen LogP contribution in [0.4, 0.5) is 0 Å². The number of rotatable bonds is 4. The van der Waals surface area contributed by atoms with Gasteiger partial charge in [0.1, 0.15) is 0 Å². The number of hydrogen-bond donors (Lipinski definition) is 2. The predicted octanol–water partition coefficient (Wildman–Crippen LogP) is 1.67. The lowest BCUT2D eigenvalue weighted by Crippen LogP contribution is -2.51. The zero-order chi connectivity index (χ0) is 12.0. The first kappa shape index (κ1) is 12.6. The fourth-order valence-corrected chi connectivity index (χ4v) is 2.35. The fourth-order valence-electron chi connectivity index (χ4n) is 2.35. The molecule has 1 aliphatic heterocycles.